The number of benzene rings is 1. The molecule has 1 amide bonds. The van der Waals surface area contributed by atoms with Gasteiger partial charge >= 0.3 is 11.8 Å². The number of nitrogens with two attached hydrogens (primary N) is 1. The summed E-state index contributed by atoms with van der Waals surface area (Å²) in [6.45, 7) is 12.3. The largest absolute Gasteiger partial charge is 0.507 e. The van der Waals surface area contributed by atoms with Gasteiger partial charge in [0.1, 0.15) is 23.3 Å². The lowest BCUT2D eigenvalue weighted by Crippen LogP contribution is -2.46. The molecule has 9 atom stereocenters. The first-order chi connectivity index (χ1) is 23.8. The number of ketones is 2. The number of ether oxygens (including phenoxy) is 4. The molecule has 4 aliphatic rings. The number of methoxy groups -OCH3 is 1. The maximum absolute atomic E-state index is 14.0. The van der Waals surface area contributed by atoms with E-state index in [4.69, 9.17) is 30.1 Å². The molecule has 0 fully saturated rings. The molecule has 0 spiro atoms. The molecule has 0 radical (unpaired) electrons. The Bertz CT molecular complexity index is 1780. The summed E-state index contributed by atoms with van der Waals surface area (Å²) in [6, 6.07) is 0. The van der Waals surface area contributed by atoms with Gasteiger partial charge in [-0.1, -0.05) is 45.9 Å². The summed E-state index contributed by atoms with van der Waals surface area (Å²) in [5.74, 6) is -8.13. The van der Waals surface area contributed by atoms with Crippen molar-refractivity contribution in [2.75, 3.05) is 7.11 Å². The smallest absolute Gasteiger partial charge is 0.312 e. The third kappa shape index (κ3) is 7.08. The fraction of sp³-hybridized carbons (Fsp3) is 0.486. The average molecular weight is 710 g/mol. The number of aliphatic hydroxyl groups excluding tert-OH is 2. The van der Waals surface area contributed by atoms with Gasteiger partial charge in [0.05, 0.1) is 47.1 Å². The molecule has 14 heteroatoms. The van der Waals surface area contributed by atoms with E-state index in [0.29, 0.717) is 0 Å². The van der Waals surface area contributed by atoms with Crippen LogP contribution in [0.2, 0.25) is 0 Å². The number of carbonyl (C=O) groups excluding carboxylic acids is 4. The molecular formula is C37H47N3O11. The highest BCUT2D eigenvalue weighted by Crippen LogP contribution is 2.48. The number of rotatable bonds is 2. The highest BCUT2D eigenvalue weighted by molar-refractivity contribution is 6.33. The predicted molar refractivity (Wildman–Crippen MR) is 185 cm³/mol. The van der Waals surface area contributed by atoms with Gasteiger partial charge in [-0.2, -0.15) is 0 Å². The van der Waals surface area contributed by atoms with Crippen LogP contribution >= 0.6 is 0 Å². The molecule has 0 saturated carbocycles. The molecular weight excluding hydrogens is 662 g/mol. The lowest BCUT2D eigenvalue weighted by molar-refractivity contribution is -0.160. The maximum atomic E-state index is 14.0. The Morgan fingerprint density at radius 2 is 1.65 bits per heavy atom. The van der Waals surface area contributed by atoms with E-state index in [-0.39, 0.29) is 28.0 Å². The number of hydrogen-bond donors (Lipinski definition) is 6. The fourth-order valence-corrected chi connectivity index (χ4v) is 6.75. The number of amides is 1. The number of aromatic hydroxyl groups is 1. The minimum atomic E-state index is -2.02. The Labute approximate surface area is 296 Å². The summed E-state index contributed by atoms with van der Waals surface area (Å²) in [6.07, 6.45) is 3.44. The summed E-state index contributed by atoms with van der Waals surface area (Å²) in [5.41, 5.74) is 4.18. The van der Waals surface area contributed by atoms with Gasteiger partial charge in [-0.05, 0) is 19.9 Å². The first kappa shape index (κ1) is 39.0. The summed E-state index contributed by atoms with van der Waals surface area (Å²) in [4.78, 5) is 53.2. The highest BCUT2D eigenvalue weighted by atomic mass is 16.7. The third-order valence-corrected chi connectivity index (χ3v) is 10.0. The van der Waals surface area contributed by atoms with E-state index in [2.05, 4.69) is 5.32 Å². The van der Waals surface area contributed by atoms with Gasteiger partial charge in [0.25, 0.3) is 11.7 Å². The van der Waals surface area contributed by atoms with Crippen molar-refractivity contribution in [1.29, 1.82) is 5.41 Å². The number of aliphatic hydroxyl groups is 2. The van der Waals surface area contributed by atoms with Gasteiger partial charge in [0, 0.05) is 61.3 Å². The molecule has 1 aromatic rings. The Morgan fingerprint density at radius 1 is 1.00 bits per heavy atom. The van der Waals surface area contributed by atoms with E-state index in [1.54, 1.807) is 39.8 Å². The molecule has 3 aliphatic heterocycles. The second-order valence-electron chi connectivity index (χ2n) is 13.6. The number of carbonyl (C=O) groups is 4. The van der Waals surface area contributed by atoms with Gasteiger partial charge in [0.2, 0.25) is 5.78 Å². The minimum Gasteiger partial charge on any atom is -0.507 e. The average Bonchev–Trinajstić information content (AvgIpc) is 3.35. The van der Waals surface area contributed by atoms with E-state index in [1.807, 2.05) is 0 Å². The van der Waals surface area contributed by atoms with Gasteiger partial charge in [-0.15, -0.1) is 0 Å². The van der Waals surface area contributed by atoms with Gasteiger partial charge in [-0.25, -0.2) is 0 Å². The molecule has 5 bridgehead atoms. The standard InChI is InChI=1S/C37H47N3O11/c1-15-11-10-12-16(2)36(47)40-28-27(39)26(38)23-24(32(28)45)31(44)20(6)34-25(23)35(46)37(8,51-34)49-14-13-22(48-9)17(3)33(50-21(7)41)19(5)30(43)18(4)29(15)42/h10-15,17-19,22,29-30,33,38,42-44H,39H2,1-9H3,(H,40,47)/b11-10+,14-13+,16-12-,38-26?/t15-,17+,18+,19+,22-,29-,30+,33+,37-/m0/s1. The topological polar surface area (TPSA) is 228 Å². The van der Waals surface area contributed by atoms with Crippen molar-refractivity contribution in [2.45, 2.75) is 85.6 Å². The van der Waals surface area contributed by atoms with E-state index in [9.17, 15) is 34.5 Å². The quantitative estimate of drug-likeness (QED) is 0.244. The molecule has 7 N–H and O–H groups in total. The van der Waals surface area contributed by atoms with Gasteiger partial charge in [0.15, 0.2) is 0 Å². The zero-order chi connectivity index (χ0) is 38.3. The second kappa shape index (κ2) is 14.8. The molecule has 1 aromatic carbocycles. The Balaban J connectivity index is 1.86. The van der Waals surface area contributed by atoms with Crippen molar-refractivity contribution in [3.8, 4) is 11.5 Å². The second-order valence-corrected chi connectivity index (χ2v) is 13.6. The van der Waals surface area contributed by atoms with Crippen LogP contribution in [-0.4, -0.2) is 81.8 Å². The predicted octanol–water partition coefficient (Wildman–Crippen LogP) is 3.10. The number of hydrogen-bond acceptors (Lipinski definition) is 13. The molecule has 0 saturated heterocycles. The fourth-order valence-electron chi connectivity index (χ4n) is 6.75. The third-order valence-electron chi connectivity index (χ3n) is 10.0. The minimum absolute atomic E-state index is 0.0260. The molecule has 3 heterocycles. The number of Topliss-reactive ketones (excluding diaryl/α,β-unsaturated/α-hetero) is 2. The molecule has 51 heavy (non-hydrogen) atoms. The summed E-state index contributed by atoms with van der Waals surface area (Å²) in [5, 5.41) is 45.1. The highest BCUT2D eigenvalue weighted by Gasteiger charge is 2.52. The molecule has 1 aliphatic carbocycles. The molecule has 0 aromatic heterocycles. The maximum Gasteiger partial charge on any atom is 0.312 e. The van der Waals surface area contributed by atoms with Crippen LogP contribution in [0.25, 0.3) is 0 Å². The van der Waals surface area contributed by atoms with E-state index in [0.717, 1.165) is 0 Å². The summed E-state index contributed by atoms with van der Waals surface area (Å²) < 4.78 is 23.2. The Kier molecular flexibility index (Phi) is 11.3. The lowest BCUT2D eigenvalue weighted by Gasteiger charge is -2.38. The van der Waals surface area contributed by atoms with Crippen LogP contribution in [0.1, 0.15) is 80.3 Å². The van der Waals surface area contributed by atoms with Gasteiger partial charge < -0.3 is 45.3 Å². The first-order valence-corrected chi connectivity index (χ1v) is 16.6. The van der Waals surface area contributed by atoms with Crippen molar-refractivity contribution in [3.63, 3.8) is 0 Å². The van der Waals surface area contributed by atoms with Crippen LogP contribution in [-0.2, 0) is 23.8 Å². The number of allylic oxidation sites excluding steroid dienone is 4. The first-order valence-electron chi connectivity index (χ1n) is 16.6. The summed E-state index contributed by atoms with van der Waals surface area (Å²) >= 11 is 0. The lowest BCUT2D eigenvalue weighted by atomic mass is 9.78. The van der Waals surface area contributed by atoms with Crippen LogP contribution in [0.3, 0.4) is 0 Å². The molecule has 14 nitrogen and oxygen atoms in total. The SMILES string of the molecule is CO[C@H]1/C=C/O[C@@]2(C)Oc3c(C)c(O)c4c(c3C2=O)C(=N)C(N)=C(NC(=O)/C(C)=C\C=C\[C@H](C)[C@H](O)[C@@H](C)[C@@H](O)[C@@H](C)[C@H](OC(C)=O)[C@@H]1C)C4=O. The van der Waals surface area contributed by atoms with Crippen molar-refractivity contribution in [1.82, 2.24) is 5.32 Å². The number of phenolic OH excluding ortho intramolecular Hbond substituents is 1. The van der Waals surface area contributed by atoms with Crippen molar-refractivity contribution in [3.05, 3.63) is 69.8 Å². The normalized spacial score (nSPS) is 34.2. The zero-order valence-electron chi connectivity index (χ0n) is 30.2. The molecule has 276 valence electrons. The van der Waals surface area contributed by atoms with Crippen LogP contribution < -0.4 is 15.8 Å². The Morgan fingerprint density at radius 3 is 2.25 bits per heavy atom. The van der Waals surface area contributed by atoms with Crippen LogP contribution in [0, 0.1) is 36.0 Å². The summed E-state index contributed by atoms with van der Waals surface area (Å²) in [7, 11) is 1.42. The number of phenols is 1. The van der Waals surface area contributed by atoms with Crippen molar-refractivity contribution < 1.29 is 53.4 Å². The van der Waals surface area contributed by atoms with Crippen molar-refractivity contribution >= 4 is 29.2 Å². The van der Waals surface area contributed by atoms with Crippen LogP contribution in [0.4, 0.5) is 0 Å². The van der Waals surface area contributed by atoms with E-state index in [1.165, 1.54) is 53.2 Å². The van der Waals surface area contributed by atoms with E-state index < -0.39 is 106 Å². The van der Waals surface area contributed by atoms with Crippen LogP contribution in [0.15, 0.2) is 47.5 Å². The van der Waals surface area contributed by atoms with Gasteiger partial charge in [-0.3, -0.25) is 24.6 Å². The molecule has 5 rings (SSSR count). The monoisotopic (exact) mass is 709 g/mol. The van der Waals surface area contributed by atoms with Crippen molar-refractivity contribution in [2.24, 2.45) is 29.4 Å². The zero-order valence-corrected chi connectivity index (χ0v) is 30.2. The number of esters is 1. The molecule has 0 unspecified atom stereocenters. The van der Waals surface area contributed by atoms with E-state index >= 15 is 0 Å². The Hall–Kier alpha value is -4.79. The van der Waals surface area contributed by atoms with Crippen LogP contribution in [0.5, 0.6) is 11.5 Å². The number of fused-ring (bicyclic) bond motifs is 14. The number of nitrogens with one attached hydrogen (secondary N) is 2.